The summed E-state index contributed by atoms with van der Waals surface area (Å²) in [6.45, 7) is 2.21. The van der Waals surface area contributed by atoms with E-state index in [4.69, 9.17) is 11.6 Å². The van der Waals surface area contributed by atoms with Gasteiger partial charge in [0, 0.05) is 25.2 Å². The molecule has 0 amide bonds. The Kier molecular flexibility index (Phi) is 1.92. The van der Waals surface area contributed by atoms with Gasteiger partial charge in [-0.1, -0.05) is 23.7 Å². The third-order valence-electron chi connectivity index (χ3n) is 3.22. The second-order valence-electron chi connectivity index (χ2n) is 4.10. The third kappa shape index (κ3) is 1.22. The topological polar surface area (TPSA) is 15.3 Å². The van der Waals surface area contributed by atoms with Crippen molar-refractivity contribution in [2.45, 2.75) is 18.5 Å². The Morgan fingerprint density at radius 1 is 1.36 bits per heavy atom. The molecule has 0 aliphatic carbocycles. The lowest BCUT2D eigenvalue weighted by atomic mass is 10.2. The van der Waals surface area contributed by atoms with Gasteiger partial charge in [-0.15, -0.1) is 0 Å². The predicted octanol–water partition coefficient (Wildman–Crippen LogP) is 1.89. The van der Waals surface area contributed by atoms with Crippen molar-refractivity contribution in [1.29, 1.82) is 0 Å². The molecule has 2 heterocycles. The summed E-state index contributed by atoms with van der Waals surface area (Å²) in [6, 6.07) is 9.45. The number of nitrogens with one attached hydrogen (secondary N) is 1. The first-order valence-corrected chi connectivity index (χ1v) is 5.47. The number of fused-ring (bicyclic) bond motifs is 2. The minimum absolute atomic E-state index is 0.653. The first-order chi connectivity index (χ1) is 6.84. The lowest BCUT2D eigenvalue weighted by Crippen LogP contribution is -2.43. The fraction of sp³-hybridized carbons (Fsp3) is 0.455. The van der Waals surface area contributed by atoms with E-state index in [-0.39, 0.29) is 0 Å². The van der Waals surface area contributed by atoms with E-state index >= 15 is 0 Å². The molecule has 1 aromatic rings. The number of rotatable bonds is 1. The Labute approximate surface area is 88.9 Å². The molecule has 3 rings (SSSR count). The van der Waals surface area contributed by atoms with Crippen molar-refractivity contribution in [2.75, 3.05) is 18.0 Å². The van der Waals surface area contributed by atoms with Gasteiger partial charge in [0.15, 0.2) is 0 Å². The van der Waals surface area contributed by atoms with Gasteiger partial charge < -0.3 is 10.2 Å². The maximum atomic E-state index is 6.18. The largest absolute Gasteiger partial charge is 0.364 e. The average Bonchev–Trinajstić information content (AvgIpc) is 2.79. The number of benzene rings is 1. The summed E-state index contributed by atoms with van der Waals surface area (Å²) in [5, 5.41) is 4.37. The molecule has 2 bridgehead atoms. The lowest BCUT2D eigenvalue weighted by Gasteiger charge is -2.30. The molecule has 74 valence electrons. The summed E-state index contributed by atoms with van der Waals surface area (Å²) >= 11 is 6.18. The SMILES string of the molecule is Clc1ccccc1N1CC2CC1CN2. The van der Waals surface area contributed by atoms with Crippen LogP contribution >= 0.6 is 11.6 Å². The van der Waals surface area contributed by atoms with E-state index in [2.05, 4.69) is 22.3 Å². The minimum Gasteiger partial charge on any atom is -0.364 e. The molecule has 3 heteroatoms. The zero-order valence-electron chi connectivity index (χ0n) is 7.91. The average molecular weight is 209 g/mol. The molecule has 0 saturated carbocycles. The standard InChI is InChI=1S/C11H13ClN2/c12-10-3-1-2-4-11(10)14-7-8-5-9(14)6-13-8/h1-4,8-9,13H,5-7H2. The van der Waals surface area contributed by atoms with Crippen LogP contribution in [0.5, 0.6) is 0 Å². The Morgan fingerprint density at radius 3 is 2.86 bits per heavy atom. The summed E-state index contributed by atoms with van der Waals surface area (Å²) in [5.41, 5.74) is 1.20. The van der Waals surface area contributed by atoms with Gasteiger partial charge in [0.05, 0.1) is 10.7 Å². The van der Waals surface area contributed by atoms with Gasteiger partial charge in [-0.25, -0.2) is 0 Å². The Bertz CT molecular complexity index is 353. The highest BCUT2D eigenvalue weighted by molar-refractivity contribution is 6.33. The number of hydrogen-bond acceptors (Lipinski definition) is 2. The molecule has 2 atom stereocenters. The minimum atomic E-state index is 0.653. The zero-order valence-corrected chi connectivity index (χ0v) is 8.67. The quantitative estimate of drug-likeness (QED) is 0.759. The maximum absolute atomic E-state index is 6.18. The van der Waals surface area contributed by atoms with Crippen LogP contribution in [-0.4, -0.2) is 25.2 Å². The number of hydrogen-bond donors (Lipinski definition) is 1. The number of nitrogens with zero attached hydrogens (tertiary/aromatic N) is 1. The maximum Gasteiger partial charge on any atom is 0.0639 e. The summed E-state index contributed by atoms with van der Waals surface area (Å²) in [5.74, 6) is 0. The van der Waals surface area contributed by atoms with Crippen LogP contribution in [-0.2, 0) is 0 Å². The molecule has 14 heavy (non-hydrogen) atoms. The van der Waals surface area contributed by atoms with Crippen molar-refractivity contribution in [3.8, 4) is 0 Å². The van der Waals surface area contributed by atoms with Gasteiger partial charge in [0.2, 0.25) is 0 Å². The molecule has 2 unspecified atom stereocenters. The monoisotopic (exact) mass is 208 g/mol. The highest BCUT2D eigenvalue weighted by Gasteiger charge is 2.37. The summed E-state index contributed by atoms with van der Waals surface area (Å²) < 4.78 is 0. The molecule has 2 fully saturated rings. The molecule has 0 radical (unpaired) electrons. The number of para-hydroxylation sites is 1. The van der Waals surface area contributed by atoms with Gasteiger partial charge >= 0.3 is 0 Å². The van der Waals surface area contributed by atoms with Crippen LogP contribution in [0.3, 0.4) is 0 Å². The van der Waals surface area contributed by atoms with Crippen LogP contribution in [0.4, 0.5) is 5.69 Å². The van der Waals surface area contributed by atoms with Gasteiger partial charge in [-0.05, 0) is 18.6 Å². The van der Waals surface area contributed by atoms with E-state index in [1.807, 2.05) is 12.1 Å². The van der Waals surface area contributed by atoms with E-state index in [0.717, 1.165) is 18.1 Å². The first-order valence-electron chi connectivity index (χ1n) is 5.09. The van der Waals surface area contributed by atoms with E-state index in [1.54, 1.807) is 0 Å². The summed E-state index contributed by atoms with van der Waals surface area (Å²) in [6.07, 6.45) is 1.27. The highest BCUT2D eigenvalue weighted by atomic mass is 35.5. The number of piperazine rings is 1. The van der Waals surface area contributed by atoms with Gasteiger partial charge in [0.25, 0.3) is 0 Å². The summed E-state index contributed by atoms with van der Waals surface area (Å²) in [7, 11) is 0. The van der Waals surface area contributed by atoms with Crippen molar-refractivity contribution < 1.29 is 0 Å². The van der Waals surface area contributed by atoms with E-state index in [1.165, 1.54) is 12.1 Å². The van der Waals surface area contributed by atoms with E-state index in [9.17, 15) is 0 Å². The fourth-order valence-electron chi connectivity index (χ4n) is 2.54. The van der Waals surface area contributed by atoms with E-state index in [0.29, 0.717) is 12.1 Å². The Morgan fingerprint density at radius 2 is 2.21 bits per heavy atom. The molecule has 0 spiro atoms. The highest BCUT2D eigenvalue weighted by Crippen LogP contribution is 2.33. The van der Waals surface area contributed by atoms with Crippen molar-refractivity contribution >= 4 is 17.3 Å². The Balaban J connectivity index is 1.93. The third-order valence-corrected chi connectivity index (χ3v) is 3.54. The fourth-order valence-corrected chi connectivity index (χ4v) is 2.78. The zero-order chi connectivity index (χ0) is 9.54. The molecular formula is C11H13ClN2. The molecule has 0 aromatic heterocycles. The van der Waals surface area contributed by atoms with Gasteiger partial charge in [0.1, 0.15) is 0 Å². The molecule has 2 aliphatic heterocycles. The van der Waals surface area contributed by atoms with Crippen LogP contribution in [0.15, 0.2) is 24.3 Å². The molecule has 2 aliphatic rings. The predicted molar refractivity (Wildman–Crippen MR) is 59.0 cm³/mol. The van der Waals surface area contributed by atoms with Crippen molar-refractivity contribution in [3.63, 3.8) is 0 Å². The van der Waals surface area contributed by atoms with Crippen LogP contribution in [0.1, 0.15) is 6.42 Å². The van der Waals surface area contributed by atoms with E-state index < -0.39 is 0 Å². The molecule has 2 saturated heterocycles. The second kappa shape index (κ2) is 3.14. The smallest absolute Gasteiger partial charge is 0.0639 e. The molecule has 1 aromatic carbocycles. The van der Waals surface area contributed by atoms with Gasteiger partial charge in [-0.2, -0.15) is 0 Å². The van der Waals surface area contributed by atoms with Gasteiger partial charge in [-0.3, -0.25) is 0 Å². The summed E-state index contributed by atoms with van der Waals surface area (Å²) in [4.78, 5) is 2.43. The second-order valence-corrected chi connectivity index (χ2v) is 4.51. The number of anilines is 1. The van der Waals surface area contributed by atoms with Crippen molar-refractivity contribution in [3.05, 3.63) is 29.3 Å². The molecule has 2 nitrogen and oxygen atoms in total. The van der Waals surface area contributed by atoms with Crippen LogP contribution < -0.4 is 10.2 Å². The van der Waals surface area contributed by atoms with Crippen molar-refractivity contribution in [2.24, 2.45) is 0 Å². The molecule has 1 N–H and O–H groups in total. The molecular weight excluding hydrogens is 196 g/mol. The number of halogens is 1. The van der Waals surface area contributed by atoms with Crippen LogP contribution in [0.25, 0.3) is 0 Å². The Hall–Kier alpha value is -0.730. The normalized spacial score (nSPS) is 29.9. The lowest BCUT2D eigenvalue weighted by molar-refractivity contribution is 0.580. The first kappa shape index (κ1) is 8.57. The van der Waals surface area contributed by atoms with Crippen LogP contribution in [0, 0.1) is 0 Å². The van der Waals surface area contributed by atoms with Crippen molar-refractivity contribution in [1.82, 2.24) is 5.32 Å². The van der Waals surface area contributed by atoms with Crippen LogP contribution in [0.2, 0.25) is 5.02 Å².